The summed E-state index contributed by atoms with van der Waals surface area (Å²) in [6.45, 7) is 5.36. The summed E-state index contributed by atoms with van der Waals surface area (Å²) in [6.07, 6.45) is 0.355. The Bertz CT molecular complexity index is 443. The third kappa shape index (κ3) is 1.41. The standard InChI is InChI=1S/C12H17NO3/c1-11(2)7-12(3,16)10(15)9-5-4-8(6-14)13(9)11/h4-5,14,16H,6-7H2,1-3H3/t12-/m0/s1. The maximum atomic E-state index is 12.0. The highest BCUT2D eigenvalue weighted by atomic mass is 16.3. The summed E-state index contributed by atoms with van der Waals surface area (Å²) >= 11 is 0. The van der Waals surface area contributed by atoms with Crippen molar-refractivity contribution < 1.29 is 15.0 Å². The molecule has 0 amide bonds. The number of aromatic nitrogens is 1. The first-order valence-corrected chi connectivity index (χ1v) is 5.39. The highest BCUT2D eigenvalue weighted by molar-refractivity contribution is 6.02. The minimum absolute atomic E-state index is 0.0984. The van der Waals surface area contributed by atoms with Gasteiger partial charge in [0.1, 0.15) is 5.60 Å². The van der Waals surface area contributed by atoms with Crippen molar-refractivity contribution in [3.63, 3.8) is 0 Å². The SMILES string of the molecule is CC1(C)C[C@](C)(O)C(=O)c2ccc(CO)n21. The predicted molar refractivity (Wildman–Crippen MR) is 59.2 cm³/mol. The lowest BCUT2D eigenvalue weighted by molar-refractivity contribution is 0.00711. The Morgan fingerprint density at radius 3 is 2.56 bits per heavy atom. The third-order valence-corrected chi connectivity index (χ3v) is 3.23. The molecule has 0 saturated heterocycles. The quantitative estimate of drug-likeness (QED) is 0.748. The minimum atomic E-state index is -1.31. The van der Waals surface area contributed by atoms with Crippen LogP contribution in [0, 0.1) is 0 Å². The topological polar surface area (TPSA) is 62.5 Å². The molecule has 2 heterocycles. The molecule has 0 aliphatic carbocycles. The number of aliphatic hydroxyl groups excluding tert-OH is 1. The van der Waals surface area contributed by atoms with Crippen LogP contribution in [0.4, 0.5) is 0 Å². The summed E-state index contributed by atoms with van der Waals surface area (Å²) in [4.78, 5) is 12.0. The Morgan fingerprint density at radius 1 is 1.38 bits per heavy atom. The fraction of sp³-hybridized carbons (Fsp3) is 0.583. The van der Waals surface area contributed by atoms with Gasteiger partial charge in [-0.25, -0.2) is 0 Å². The van der Waals surface area contributed by atoms with Gasteiger partial charge in [0.2, 0.25) is 5.78 Å². The van der Waals surface area contributed by atoms with Crippen LogP contribution in [0.3, 0.4) is 0 Å². The molecule has 1 aromatic heterocycles. The smallest absolute Gasteiger partial charge is 0.210 e. The molecular formula is C12H17NO3. The molecule has 0 unspecified atom stereocenters. The van der Waals surface area contributed by atoms with Gasteiger partial charge in [-0.05, 0) is 32.9 Å². The van der Waals surface area contributed by atoms with E-state index in [0.717, 1.165) is 0 Å². The average molecular weight is 223 g/mol. The zero-order valence-corrected chi connectivity index (χ0v) is 9.82. The predicted octanol–water partition coefficient (Wildman–Crippen LogP) is 1.05. The highest BCUT2D eigenvalue weighted by Gasteiger charge is 2.45. The molecular weight excluding hydrogens is 206 g/mol. The maximum Gasteiger partial charge on any atom is 0.210 e. The van der Waals surface area contributed by atoms with Gasteiger partial charge < -0.3 is 14.8 Å². The van der Waals surface area contributed by atoms with Crippen LogP contribution < -0.4 is 0 Å². The van der Waals surface area contributed by atoms with E-state index in [0.29, 0.717) is 17.8 Å². The minimum Gasteiger partial charge on any atom is -0.390 e. The number of rotatable bonds is 1. The van der Waals surface area contributed by atoms with E-state index in [9.17, 15) is 15.0 Å². The Hall–Kier alpha value is -1.13. The van der Waals surface area contributed by atoms with Crippen molar-refractivity contribution in [2.45, 2.75) is 44.9 Å². The number of fused-ring (bicyclic) bond motifs is 1. The maximum absolute atomic E-state index is 12.0. The molecule has 0 aromatic carbocycles. The van der Waals surface area contributed by atoms with Crippen molar-refractivity contribution in [1.29, 1.82) is 0 Å². The summed E-state index contributed by atoms with van der Waals surface area (Å²) in [5.74, 6) is -0.272. The zero-order valence-electron chi connectivity index (χ0n) is 9.82. The molecule has 16 heavy (non-hydrogen) atoms. The molecule has 0 bridgehead atoms. The number of carbonyl (C=O) groups is 1. The molecule has 1 aliphatic heterocycles. The second-order valence-corrected chi connectivity index (χ2v) is 5.30. The first kappa shape index (κ1) is 11.4. The number of carbonyl (C=O) groups excluding carboxylic acids is 1. The van der Waals surface area contributed by atoms with Crippen molar-refractivity contribution in [1.82, 2.24) is 4.57 Å². The lowest BCUT2D eigenvalue weighted by Crippen LogP contribution is -2.50. The zero-order chi connectivity index (χ0) is 12.1. The molecule has 2 N–H and O–H groups in total. The van der Waals surface area contributed by atoms with Crippen molar-refractivity contribution >= 4 is 5.78 Å². The van der Waals surface area contributed by atoms with Gasteiger partial charge in [-0.1, -0.05) is 0 Å². The molecule has 88 valence electrons. The van der Waals surface area contributed by atoms with E-state index in [1.807, 2.05) is 18.4 Å². The van der Waals surface area contributed by atoms with Gasteiger partial charge in [-0.15, -0.1) is 0 Å². The first-order chi connectivity index (χ1) is 7.29. The Morgan fingerprint density at radius 2 is 2.00 bits per heavy atom. The molecule has 1 atom stereocenters. The molecule has 1 aromatic rings. The van der Waals surface area contributed by atoms with Gasteiger partial charge in [0.05, 0.1) is 12.3 Å². The van der Waals surface area contributed by atoms with Gasteiger partial charge in [-0.3, -0.25) is 4.79 Å². The Balaban J connectivity index is 2.65. The van der Waals surface area contributed by atoms with E-state index in [1.54, 1.807) is 19.1 Å². The van der Waals surface area contributed by atoms with E-state index in [2.05, 4.69) is 0 Å². The molecule has 4 heteroatoms. The van der Waals surface area contributed by atoms with E-state index in [-0.39, 0.29) is 17.9 Å². The number of hydrogen-bond acceptors (Lipinski definition) is 3. The van der Waals surface area contributed by atoms with E-state index >= 15 is 0 Å². The molecule has 0 spiro atoms. The van der Waals surface area contributed by atoms with Gasteiger partial charge in [0, 0.05) is 17.7 Å². The fourth-order valence-electron chi connectivity index (χ4n) is 2.77. The van der Waals surface area contributed by atoms with Crippen LogP contribution in [-0.2, 0) is 12.1 Å². The molecule has 0 radical (unpaired) electrons. The third-order valence-electron chi connectivity index (χ3n) is 3.23. The van der Waals surface area contributed by atoms with Crippen LogP contribution in [0.15, 0.2) is 12.1 Å². The van der Waals surface area contributed by atoms with Gasteiger partial charge >= 0.3 is 0 Å². The summed E-state index contributed by atoms with van der Waals surface area (Å²) < 4.78 is 1.83. The summed E-state index contributed by atoms with van der Waals surface area (Å²) in [5.41, 5.74) is -0.493. The fourth-order valence-corrected chi connectivity index (χ4v) is 2.77. The molecule has 0 fully saturated rings. The lowest BCUT2D eigenvalue weighted by atomic mass is 9.80. The normalized spacial score (nSPS) is 27.9. The summed E-state index contributed by atoms with van der Waals surface area (Å²) in [7, 11) is 0. The number of Topliss-reactive ketones (excluding diaryl/α,β-unsaturated/α-hetero) is 1. The van der Waals surface area contributed by atoms with Crippen LogP contribution >= 0.6 is 0 Å². The van der Waals surface area contributed by atoms with Crippen LogP contribution in [0.1, 0.15) is 43.4 Å². The number of ketones is 1. The van der Waals surface area contributed by atoms with E-state index < -0.39 is 5.60 Å². The highest BCUT2D eigenvalue weighted by Crippen LogP contribution is 2.37. The second-order valence-electron chi connectivity index (χ2n) is 5.30. The Labute approximate surface area is 94.5 Å². The number of nitrogens with zero attached hydrogens (tertiary/aromatic N) is 1. The van der Waals surface area contributed by atoms with Gasteiger partial charge in [-0.2, -0.15) is 0 Å². The van der Waals surface area contributed by atoms with Crippen LogP contribution in [0.2, 0.25) is 0 Å². The van der Waals surface area contributed by atoms with Crippen LogP contribution in [0.25, 0.3) is 0 Å². The van der Waals surface area contributed by atoms with Crippen LogP contribution in [-0.4, -0.2) is 26.2 Å². The summed E-state index contributed by atoms with van der Waals surface area (Å²) in [6, 6.07) is 3.40. The van der Waals surface area contributed by atoms with Gasteiger partial charge in [0.25, 0.3) is 0 Å². The van der Waals surface area contributed by atoms with E-state index in [1.165, 1.54) is 0 Å². The summed E-state index contributed by atoms with van der Waals surface area (Å²) in [5, 5.41) is 19.3. The molecule has 0 saturated carbocycles. The van der Waals surface area contributed by atoms with Crippen molar-refractivity contribution in [2.75, 3.05) is 0 Å². The molecule has 4 nitrogen and oxygen atoms in total. The van der Waals surface area contributed by atoms with Crippen LogP contribution in [0.5, 0.6) is 0 Å². The lowest BCUT2D eigenvalue weighted by Gasteiger charge is -2.41. The monoisotopic (exact) mass is 223 g/mol. The number of aliphatic hydroxyl groups is 2. The van der Waals surface area contributed by atoms with Gasteiger partial charge in [0.15, 0.2) is 0 Å². The molecule has 2 rings (SSSR count). The second kappa shape index (κ2) is 3.18. The molecule has 1 aliphatic rings. The average Bonchev–Trinajstić information content (AvgIpc) is 2.57. The largest absolute Gasteiger partial charge is 0.390 e. The van der Waals surface area contributed by atoms with E-state index in [4.69, 9.17) is 0 Å². The van der Waals surface area contributed by atoms with Crippen molar-refractivity contribution in [3.05, 3.63) is 23.5 Å². The number of hydrogen-bond donors (Lipinski definition) is 2. The Kier molecular flexibility index (Phi) is 2.26. The van der Waals surface area contributed by atoms with Crippen molar-refractivity contribution in [2.24, 2.45) is 0 Å². The first-order valence-electron chi connectivity index (χ1n) is 5.39. The van der Waals surface area contributed by atoms with Crippen molar-refractivity contribution in [3.8, 4) is 0 Å².